The molecule has 0 saturated heterocycles. The number of rotatable bonds is 4. The zero-order chi connectivity index (χ0) is 15.9. The van der Waals surface area contributed by atoms with Crippen molar-refractivity contribution in [1.29, 1.82) is 0 Å². The molecule has 0 fully saturated rings. The van der Waals surface area contributed by atoms with Gasteiger partial charge >= 0.3 is 0 Å². The van der Waals surface area contributed by atoms with Gasteiger partial charge in [0.25, 0.3) is 0 Å². The van der Waals surface area contributed by atoms with E-state index < -0.39 is 10.0 Å². The molecule has 2 aromatic rings. The normalized spacial score (nSPS) is 16.5. The minimum atomic E-state index is -3.67. The van der Waals surface area contributed by atoms with Gasteiger partial charge in [0.15, 0.2) is 5.76 Å². The topological polar surface area (TPSA) is 85.1 Å². The van der Waals surface area contributed by atoms with E-state index in [9.17, 15) is 8.42 Å². The van der Waals surface area contributed by atoms with Crippen molar-refractivity contribution in [2.24, 2.45) is 0 Å². The van der Waals surface area contributed by atoms with E-state index in [1.807, 2.05) is 6.92 Å². The second-order valence-electron chi connectivity index (χ2n) is 5.63. The molecule has 0 bridgehead atoms. The van der Waals surface area contributed by atoms with Crippen molar-refractivity contribution < 1.29 is 12.9 Å². The van der Waals surface area contributed by atoms with Crippen molar-refractivity contribution in [3.8, 4) is 0 Å². The Hall–Kier alpha value is -1.25. The molecule has 1 N–H and O–H groups in total. The summed E-state index contributed by atoms with van der Waals surface area (Å²) < 4.78 is 32.7. The van der Waals surface area contributed by atoms with Crippen molar-refractivity contribution in [2.75, 3.05) is 0 Å². The molecule has 3 rings (SSSR count). The highest BCUT2D eigenvalue weighted by Gasteiger charge is 2.28. The third-order valence-corrected chi connectivity index (χ3v) is 6.93. The molecular weight excluding hydrogens is 322 g/mol. The molecule has 8 heteroatoms. The number of thiazole rings is 1. The fourth-order valence-electron chi connectivity index (χ4n) is 2.76. The summed E-state index contributed by atoms with van der Waals surface area (Å²) in [4.78, 5) is 6.04. The summed E-state index contributed by atoms with van der Waals surface area (Å²) in [7, 11) is -3.67. The summed E-state index contributed by atoms with van der Waals surface area (Å²) in [5, 5.41) is 4.53. The number of hydrogen-bond donors (Lipinski definition) is 1. The molecule has 22 heavy (non-hydrogen) atoms. The minimum absolute atomic E-state index is 0.126. The molecule has 0 aromatic carbocycles. The smallest absolute Gasteiger partial charge is 0.246 e. The molecular formula is C14H19N3O3S2. The number of nitrogens with one attached hydrogen (secondary N) is 1. The minimum Gasteiger partial charge on any atom is -0.360 e. The lowest BCUT2D eigenvalue weighted by Crippen LogP contribution is -2.27. The maximum atomic E-state index is 12.5. The maximum absolute atomic E-state index is 12.5. The molecule has 1 unspecified atom stereocenters. The van der Waals surface area contributed by atoms with Gasteiger partial charge in [0.1, 0.15) is 15.6 Å². The Balaban J connectivity index is 1.84. The first kappa shape index (κ1) is 15.6. The van der Waals surface area contributed by atoms with Crippen LogP contribution < -0.4 is 4.72 Å². The predicted octanol–water partition coefficient (Wildman–Crippen LogP) is 2.67. The second kappa shape index (κ2) is 5.75. The van der Waals surface area contributed by atoms with Gasteiger partial charge < -0.3 is 4.52 Å². The van der Waals surface area contributed by atoms with Crippen molar-refractivity contribution in [3.05, 3.63) is 27.0 Å². The summed E-state index contributed by atoms with van der Waals surface area (Å²) in [5.74, 6) is 0.302. The lowest BCUT2D eigenvalue weighted by Gasteiger charge is -2.11. The zero-order valence-electron chi connectivity index (χ0n) is 12.8. The molecule has 2 aromatic heterocycles. The molecule has 1 aliphatic rings. The number of hydrogen-bond acceptors (Lipinski definition) is 6. The van der Waals surface area contributed by atoms with Gasteiger partial charge in [-0.15, -0.1) is 11.3 Å². The molecule has 0 amide bonds. The van der Waals surface area contributed by atoms with Gasteiger partial charge in [0.2, 0.25) is 10.0 Å². The summed E-state index contributed by atoms with van der Waals surface area (Å²) in [6.07, 6.45) is 4.40. The molecule has 120 valence electrons. The summed E-state index contributed by atoms with van der Waals surface area (Å²) in [6, 6.07) is -0.366. The van der Waals surface area contributed by atoms with Crippen molar-refractivity contribution in [2.45, 2.75) is 57.4 Å². The molecule has 1 aliphatic carbocycles. The largest absolute Gasteiger partial charge is 0.360 e. The zero-order valence-corrected chi connectivity index (χ0v) is 14.5. The predicted molar refractivity (Wildman–Crippen MR) is 83.5 cm³/mol. The highest BCUT2D eigenvalue weighted by atomic mass is 32.2. The van der Waals surface area contributed by atoms with Crippen LogP contribution >= 0.6 is 11.3 Å². The number of aromatic nitrogens is 2. The molecule has 2 heterocycles. The summed E-state index contributed by atoms with van der Waals surface area (Å²) >= 11 is 1.61. The van der Waals surface area contributed by atoms with Gasteiger partial charge in [-0.1, -0.05) is 5.16 Å². The first-order chi connectivity index (χ1) is 10.4. The van der Waals surface area contributed by atoms with E-state index >= 15 is 0 Å². The van der Waals surface area contributed by atoms with Crippen LogP contribution in [0.3, 0.4) is 0 Å². The highest BCUT2D eigenvalue weighted by molar-refractivity contribution is 7.89. The fraction of sp³-hybridized carbons (Fsp3) is 0.571. The lowest BCUT2D eigenvalue weighted by atomic mass is 10.0. The maximum Gasteiger partial charge on any atom is 0.246 e. The molecule has 0 aliphatic heterocycles. The standard InChI is InChI=1S/C14H19N3O3S2/c1-8-13(10(3)20-16-8)22(18,19)17-9(2)14-15-11-6-4-5-7-12(11)21-14/h9,17H,4-7H2,1-3H3. The highest BCUT2D eigenvalue weighted by Crippen LogP contribution is 2.30. The number of fused-ring (bicyclic) bond motifs is 1. The monoisotopic (exact) mass is 341 g/mol. The van der Waals surface area contributed by atoms with Gasteiger partial charge in [0, 0.05) is 4.88 Å². The van der Waals surface area contributed by atoms with E-state index in [1.165, 1.54) is 11.3 Å². The SMILES string of the molecule is Cc1noc(C)c1S(=O)(=O)NC(C)c1nc2c(s1)CCCC2. The van der Waals surface area contributed by atoms with Gasteiger partial charge in [-0.05, 0) is 46.5 Å². The van der Waals surface area contributed by atoms with E-state index in [2.05, 4.69) is 14.9 Å². The molecule has 0 saturated carbocycles. The van der Waals surface area contributed by atoms with E-state index in [4.69, 9.17) is 4.52 Å². The third kappa shape index (κ3) is 2.82. The Morgan fingerprint density at radius 2 is 2.00 bits per heavy atom. The van der Waals surface area contributed by atoms with E-state index in [-0.39, 0.29) is 10.9 Å². The second-order valence-corrected chi connectivity index (χ2v) is 8.39. The molecule has 0 radical (unpaired) electrons. The Morgan fingerprint density at radius 1 is 1.27 bits per heavy atom. The number of aryl methyl sites for hydroxylation is 4. The van der Waals surface area contributed by atoms with Gasteiger partial charge in [-0.2, -0.15) is 0 Å². The first-order valence-corrected chi connectivity index (χ1v) is 9.62. The Morgan fingerprint density at radius 3 is 2.64 bits per heavy atom. The molecule has 0 spiro atoms. The Labute approximate surface area is 134 Å². The average Bonchev–Trinajstić information content (AvgIpc) is 3.02. The van der Waals surface area contributed by atoms with Gasteiger partial charge in [-0.25, -0.2) is 18.1 Å². The van der Waals surface area contributed by atoms with E-state index in [0.29, 0.717) is 11.5 Å². The summed E-state index contributed by atoms with van der Waals surface area (Å²) in [5.41, 5.74) is 1.50. The van der Waals surface area contributed by atoms with Crippen molar-refractivity contribution >= 4 is 21.4 Å². The lowest BCUT2D eigenvalue weighted by molar-refractivity contribution is 0.390. The molecule has 6 nitrogen and oxygen atoms in total. The average molecular weight is 341 g/mol. The number of sulfonamides is 1. The Kier molecular flexibility index (Phi) is 4.09. The first-order valence-electron chi connectivity index (χ1n) is 7.32. The van der Waals surface area contributed by atoms with Crippen LogP contribution in [-0.4, -0.2) is 18.6 Å². The van der Waals surface area contributed by atoms with Gasteiger partial charge in [-0.3, -0.25) is 0 Å². The van der Waals surface area contributed by atoms with Crippen LogP contribution in [0.5, 0.6) is 0 Å². The van der Waals surface area contributed by atoms with Crippen LogP contribution in [-0.2, 0) is 22.9 Å². The quantitative estimate of drug-likeness (QED) is 0.924. The summed E-state index contributed by atoms with van der Waals surface area (Å²) in [6.45, 7) is 5.04. The molecule has 1 atom stereocenters. The van der Waals surface area contributed by atoms with Crippen molar-refractivity contribution in [3.63, 3.8) is 0 Å². The third-order valence-electron chi connectivity index (χ3n) is 3.80. The van der Waals surface area contributed by atoms with Crippen LogP contribution in [0.1, 0.15) is 52.8 Å². The van der Waals surface area contributed by atoms with E-state index in [0.717, 1.165) is 30.0 Å². The number of nitrogens with zero attached hydrogens (tertiary/aromatic N) is 2. The van der Waals surface area contributed by atoms with Crippen LogP contribution in [0.15, 0.2) is 9.42 Å². The van der Waals surface area contributed by atoms with E-state index in [1.54, 1.807) is 25.2 Å². The van der Waals surface area contributed by atoms with Crippen LogP contribution in [0, 0.1) is 13.8 Å². The fourth-order valence-corrected chi connectivity index (χ4v) is 5.52. The van der Waals surface area contributed by atoms with Crippen LogP contribution in [0.25, 0.3) is 0 Å². The van der Waals surface area contributed by atoms with Crippen LogP contribution in [0.4, 0.5) is 0 Å². The van der Waals surface area contributed by atoms with Gasteiger partial charge in [0.05, 0.1) is 11.7 Å². The van der Waals surface area contributed by atoms with Crippen LogP contribution in [0.2, 0.25) is 0 Å². The van der Waals surface area contributed by atoms with Crippen molar-refractivity contribution in [1.82, 2.24) is 14.9 Å². The Bertz CT molecular complexity index is 749.